The maximum atomic E-state index is 10.8. The molecule has 11 heavy (non-hydrogen) atoms. The third kappa shape index (κ3) is 7.10. The average Bonchev–Trinajstić information content (AvgIpc) is 1.99. The average molecular weight is 155 g/mol. The van der Waals surface area contributed by atoms with Crippen molar-refractivity contribution in [3.63, 3.8) is 0 Å². The van der Waals surface area contributed by atoms with Crippen LogP contribution in [0, 0.1) is 0 Å². The third-order valence-electron chi connectivity index (χ3n) is 1.56. The molecule has 0 fully saturated rings. The zero-order chi connectivity index (χ0) is 8.53. The predicted molar refractivity (Wildman–Crippen MR) is 47.1 cm³/mol. The molecule has 0 unspecified atom stereocenters. The Balaban J connectivity index is 3.17. The topological polar surface area (TPSA) is 43.1 Å². The van der Waals surface area contributed by atoms with Crippen LogP contribution in [0.4, 0.5) is 0 Å². The minimum absolute atomic E-state index is 0.142. The fourth-order valence-electron chi connectivity index (χ4n) is 0.917. The molecule has 0 aromatic carbocycles. The minimum Gasteiger partial charge on any atom is -0.404 e. The first-order valence-electron chi connectivity index (χ1n) is 4.22. The second-order valence-corrected chi connectivity index (χ2v) is 2.64. The Bertz CT molecular complexity index is 130. The Morgan fingerprint density at radius 1 is 1.36 bits per heavy atom. The summed E-state index contributed by atoms with van der Waals surface area (Å²) in [6, 6.07) is 0. The van der Waals surface area contributed by atoms with Crippen LogP contribution in [-0.4, -0.2) is 5.78 Å². The van der Waals surface area contributed by atoms with Crippen molar-refractivity contribution in [2.75, 3.05) is 0 Å². The van der Waals surface area contributed by atoms with E-state index < -0.39 is 0 Å². The predicted octanol–water partition coefficient (Wildman–Crippen LogP) is 2.00. The minimum atomic E-state index is 0.142. The molecule has 0 aliphatic rings. The standard InChI is InChI=1S/C9H17NO/c1-2-3-4-5-6-9(11)7-8-10/h7-8H,2-6,10H2,1H3. The maximum absolute atomic E-state index is 10.8. The zero-order valence-corrected chi connectivity index (χ0v) is 7.18. The summed E-state index contributed by atoms with van der Waals surface area (Å²) in [5, 5.41) is 0. The molecular formula is C9H17NO. The van der Waals surface area contributed by atoms with Gasteiger partial charge in [0.2, 0.25) is 0 Å². The van der Waals surface area contributed by atoms with E-state index in [0.717, 1.165) is 12.8 Å². The van der Waals surface area contributed by atoms with E-state index >= 15 is 0 Å². The molecule has 64 valence electrons. The molecule has 0 radical (unpaired) electrons. The van der Waals surface area contributed by atoms with Gasteiger partial charge in [-0.3, -0.25) is 4.79 Å². The molecule has 0 rings (SSSR count). The summed E-state index contributed by atoms with van der Waals surface area (Å²) in [5.41, 5.74) is 5.06. The van der Waals surface area contributed by atoms with E-state index in [1.54, 1.807) is 0 Å². The van der Waals surface area contributed by atoms with E-state index in [4.69, 9.17) is 5.73 Å². The number of hydrogen-bond donors (Lipinski definition) is 1. The van der Waals surface area contributed by atoms with Crippen LogP contribution >= 0.6 is 0 Å². The highest BCUT2D eigenvalue weighted by Gasteiger charge is 1.94. The van der Waals surface area contributed by atoms with Gasteiger partial charge in [0.15, 0.2) is 5.78 Å². The van der Waals surface area contributed by atoms with E-state index in [2.05, 4.69) is 6.92 Å². The Morgan fingerprint density at radius 2 is 2.09 bits per heavy atom. The van der Waals surface area contributed by atoms with E-state index in [-0.39, 0.29) is 5.78 Å². The summed E-state index contributed by atoms with van der Waals surface area (Å²) in [6.07, 6.45) is 7.97. The van der Waals surface area contributed by atoms with Crippen LogP contribution in [0.3, 0.4) is 0 Å². The van der Waals surface area contributed by atoms with Crippen LogP contribution < -0.4 is 5.73 Å². The molecular weight excluding hydrogens is 138 g/mol. The molecule has 0 atom stereocenters. The van der Waals surface area contributed by atoms with Crippen molar-refractivity contribution in [3.8, 4) is 0 Å². The molecule has 0 aromatic rings. The lowest BCUT2D eigenvalue weighted by molar-refractivity contribution is -0.114. The second kappa shape index (κ2) is 7.32. The molecule has 0 spiro atoms. The monoisotopic (exact) mass is 155 g/mol. The van der Waals surface area contributed by atoms with Crippen LogP contribution in [0.1, 0.15) is 39.0 Å². The molecule has 0 saturated carbocycles. The lowest BCUT2D eigenvalue weighted by atomic mass is 10.1. The normalized spacial score (nSPS) is 10.6. The molecule has 2 N–H and O–H groups in total. The number of carbonyl (C=O) groups excluding carboxylic acids is 1. The Hall–Kier alpha value is -0.790. The number of carbonyl (C=O) groups is 1. The van der Waals surface area contributed by atoms with Gasteiger partial charge in [0, 0.05) is 6.42 Å². The first kappa shape index (κ1) is 10.2. The van der Waals surface area contributed by atoms with Gasteiger partial charge in [-0.1, -0.05) is 26.2 Å². The Morgan fingerprint density at radius 3 is 2.64 bits per heavy atom. The summed E-state index contributed by atoms with van der Waals surface area (Å²) >= 11 is 0. The number of ketones is 1. The number of unbranched alkanes of at least 4 members (excludes halogenated alkanes) is 3. The molecule has 0 aromatic heterocycles. The number of rotatable bonds is 6. The smallest absolute Gasteiger partial charge is 0.157 e. The van der Waals surface area contributed by atoms with Crippen molar-refractivity contribution in [3.05, 3.63) is 12.3 Å². The lowest BCUT2D eigenvalue weighted by Crippen LogP contribution is -1.93. The Kier molecular flexibility index (Phi) is 6.79. The first-order valence-corrected chi connectivity index (χ1v) is 4.22. The summed E-state index contributed by atoms with van der Waals surface area (Å²) in [6.45, 7) is 2.15. The highest BCUT2D eigenvalue weighted by atomic mass is 16.1. The van der Waals surface area contributed by atoms with Crippen LogP contribution in [0.15, 0.2) is 12.3 Å². The van der Waals surface area contributed by atoms with Crippen molar-refractivity contribution >= 4 is 5.78 Å². The quantitative estimate of drug-likeness (QED) is 0.471. The largest absolute Gasteiger partial charge is 0.404 e. The van der Waals surface area contributed by atoms with Gasteiger partial charge in [-0.25, -0.2) is 0 Å². The van der Waals surface area contributed by atoms with E-state index in [1.807, 2.05) is 0 Å². The van der Waals surface area contributed by atoms with Gasteiger partial charge in [0.05, 0.1) is 0 Å². The molecule has 0 heterocycles. The third-order valence-corrected chi connectivity index (χ3v) is 1.56. The SMILES string of the molecule is CCCCCCC(=O)C=CN. The van der Waals surface area contributed by atoms with Crippen LogP contribution in [0.2, 0.25) is 0 Å². The summed E-state index contributed by atoms with van der Waals surface area (Å²) in [4.78, 5) is 10.8. The van der Waals surface area contributed by atoms with Gasteiger partial charge in [0.1, 0.15) is 0 Å². The van der Waals surface area contributed by atoms with Crippen molar-refractivity contribution < 1.29 is 4.79 Å². The van der Waals surface area contributed by atoms with Crippen LogP contribution in [-0.2, 0) is 4.79 Å². The van der Waals surface area contributed by atoms with Crippen molar-refractivity contribution in [2.24, 2.45) is 5.73 Å². The van der Waals surface area contributed by atoms with Crippen LogP contribution in [0.5, 0.6) is 0 Å². The van der Waals surface area contributed by atoms with Crippen molar-refractivity contribution in [2.45, 2.75) is 39.0 Å². The van der Waals surface area contributed by atoms with Crippen molar-refractivity contribution in [1.29, 1.82) is 0 Å². The highest BCUT2D eigenvalue weighted by molar-refractivity contribution is 5.89. The molecule has 2 nitrogen and oxygen atoms in total. The molecule has 0 bridgehead atoms. The Labute approximate surface area is 68.5 Å². The number of allylic oxidation sites excluding steroid dienone is 1. The van der Waals surface area contributed by atoms with Gasteiger partial charge in [-0.2, -0.15) is 0 Å². The molecule has 0 aliphatic carbocycles. The maximum Gasteiger partial charge on any atom is 0.157 e. The second-order valence-electron chi connectivity index (χ2n) is 2.64. The molecule has 0 saturated heterocycles. The van der Waals surface area contributed by atoms with Gasteiger partial charge in [-0.05, 0) is 18.7 Å². The lowest BCUT2D eigenvalue weighted by Gasteiger charge is -1.94. The number of nitrogens with two attached hydrogens (primary N) is 1. The van der Waals surface area contributed by atoms with Crippen molar-refractivity contribution in [1.82, 2.24) is 0 Å². The summed E-state index contributed by atoms with van der Waals surface area (Å²) < 4.78 is 0. The highest BCUT2D eigenvalue weighted by Crippen LogP contribution is 2.02. The zero-order valence-electron chi connectivity index (χ0n) is 7.18. The van der Waals surface area contributed by atoms with Crippen LogP contribution in [0.25, 0.3) is 0 Å². The van der Waals surface area contributed by atoms with Gasteiger partial charge in [-0.15, -0.1) is 0 Å². The summed E-state index contributed by atoms with van der Waals surface area (Å²) in [7, 11) is 0. The van der Waals surface area contributed by atoms with Gasteiger partial charge < -0.3 is 5.73 Å². The summed E-state index contributed by atoms with van der Waals surface area (Å²) in [5.74, 6) is 0.142. The first-order chi connectivity index (χ1) is 5.31. The molecule has 0 aliphatic heterocycles. The van der Waals surface area contributed by atoms with Gasteiger partial charge in [0.25, 0.3) is 0 Å². The molecule has 0 amide bonds. The fraction of sp³-hybridized carbons (Fsp3) is 0.667. The van der Waals surface area contributed by atoms with E-state index in [0.29, 0.717) is 6.42 Å². The molecule has 2 heteroatoms. The van der Waals surface area contributed by atoms with E-state index in [1.165, 1.54) is 25.1 Å². The van der Waals surface area contributed by atoms with E-state index in [9.17, 15) is 4.79 Å². The van der Waals surface area contributed by atoms with Gasteiger partial charge >= 0.3 is 0 Å². The fourth-order valence-corrected chi connectivity index (χ4v) is 0.917. The number of hydrogen-bond acceptors (Lipinski definition) is 2.